The molecular formula is C20H19N3O3. The van der Waals surface area contributed by atoms with Gasteiger partial charge in [-0.15, -0.1) is 0 Å². The van der Waals surface area contributed by atoms with E-state index < -0.39 is 17.9 Å². The molecule has 4 rings (SSSR count). The maximum Gasteiger partial charge on any atom is 0.321 e. The van der Waals surface area contributed by atoms with Crippen LogP contribution in [0.5, 0.6) is 0 Å². The SMILES string of the molecule is CCOC(=O)[C@@H]1C(=O)Nc2nc3ccccc3n2[C@@H]1c1ccccc1C. The Morgan fingerprint density at radius 2 is 1.92 bits per heavy atom. The molecule has 0 bridgehead atoms. The first kappa shape index (κ1) is 16.3. The number of nitrogens with one attached hydrogen (secondary N) is 1. The third-order valence-electron chi connectivity index (χ3n) is 4.75. The standard InChI is InChI=1S/C20H19N3O3/c1-3-26-19(25)16-17(13-9-5-4-8-12(13)2)23-15-11-7-6-10-14(15)21-20(23)22-18(16)24/h4-11,16-17H,3H2,1-2H3,(H,21,22,24)/t16-,17+/m0/s1. The number of para-hydroxylation sites is 2. The Hall–Kier alpha value is -3.15. The van der Waals surface area contributed by atoms with Crippen molar-refractivity contribution in [1.29, 1.82) is 0 Å². The van der Waals surface area contributed by atoms with E-state index in [1.807, 2.05) is 60.0 Å². The minimum atomic E-state index is -0.971. The number of imidazole rings is 1. The van der Waals surface area contributed by atoms with Crippen LogP contribution in [0.1, 0.15) is 24.1 Å². The maximum atomic E-state index is 12.8. The highest BCUT2D eigenvalue weighted by molar-refractivity contribution is 6.07. The molecule has 26 heavy (non-hydrogen) atoms. The van der Waals surface area contributed by atoms with Gasteiger partial charge in [-0.2, -0.15) is 0 Å². The predicted molar refractivity (Wildman–Crippen MR) is 97.8 cm³/mol. The van der Waals surface area contributed by atoms with Gasteiger partial charge in [-0.05, 0) is 37.1 Å². The molecule has 1 aliphatic rings. The van der Waals surface area contributed by atoms with Crippen LogP contribution in [0, 0.1) is 12.8 Å². The van der Waals surface area contributed by atoms with E-state index in [1.54, 1.807) is 6.92 Å². The Kier molecular flexibility index (Phi) is 3.95. The Morgan fingerprint density at radius 3 is 2.69 bits per heavy atom. The van der Waals surface area contributed by atoms with Gasteiger partial charge in [0.1, 0.15) is 0 Å². The van der Waals surface area contributed by atoms with Crippen LogP contribution in [0.4, 0.5) is 5.95 Å². The lowest BCUT2D eigenvalue weighted by Crippen LogP contribution is -2.43. The minimum Gasteiger partial charge on any atom is -0.465 e. The lowest BCUT2D eigenvalue weighted by molar-refractivity contribution is -0.152. The molecule has 2 atom stereocenters. The number of hydrogen-bond donors (Lipinski definition) is 1. The van der Waals surface area contributed by atoms with Crippen molar-refractivity contribution in [3.05, 3.63) is 59.7 Å². The van der Waals surface area contributed by atoms with Crippen LogP contribution in [-0.2, 0) is 14.3 Å². The third-order valence-corrected chi connectivity index (χ3v) is 4.75. The minimum absolute atomic E-state index is 0.223. The van der Waals surface area contributed by atoms with E-state index in [2.05, 4.69) is 10.3 Å². The van der Waals surface area contributed by atoms with Crippen LogP contribution in [0.15, 0.2) is 48.5 Å². The van der Waals surface area contributed by atoms with Crippen molar-refractivity contribution in [3.63, 3.8) is 0 Å². The average Bonchev–Trinajstić information content (AvgIpc) is 2.99. The lowest BCUT2D eigenvalue weighted by Gasteiger charge is -2.33. The van der Waals surface area contributed by atoms with Crippen molar-refractivity contribution in [1.82, 2.24) is 9.55 Å². The number of ether oxygens (including phenoxy) is 1. The van der Waals surface area contributed by atoms with Crippen molar-refractivity contribution in [2.45, 2.75) is 19.9 Å². The summed E-state index contributed by atoms with van der Waals surface area (Å²) < 4.78 is 7.14. The molecule has 1 N–H and O–H groups in total. The van der Waals surface area contributed by atoms with Crippen LogP contribution < -0.4 is 5.32 Å². The van der Waals surface area contributed by atoms with E-state index in [9.17, 15) is 9.59 Å². The number of aryl methyl sites for hydroxylation is 1. The lowest BCUT2D eigenvalue weighted by atomic mass is 9.88. The number of benzene rings is 2. The summed E-state index contributed by atoms with van der Waals surface area (Å²) in [4.78, 5) is 30.0. The van der Waals surface area contributed by atoms with E-state index in [4.69, 9.17) is 4.74 Å². The van der Waals surface area contributed by atoms with E-state index in [-0.39, 0.29) is 12.5 Å². The summed E-state index contributed by atoms with van der Waals surface area (Å²) in [5, 5.41) is 2.77. The molecule has 132 valence electrons. The smallest absolute Gasteiger partial charge is 0.321 e. The van der Waals surface area contributed by atoms with E-state index in [1.165, 1.54) is 0 Å². The van der Waals surface area contributed by atoms with Gasteiger partial charge in [-0.1, -0.05) is 36.4 Å². The molecule has 0 fully saturated rings. The van der Waals surface area contributed by atoms with Crippen molar-refractivity contribution in [2.75, 3.05) is 11.9 Å². The third kappa shape index (κ3) is 2.45. The monoisotopic (exact) mass is 349 g/mol. The molecule has 0 spiro atoms. The fourth-order valence-corrected chi connectivity index (χ4v) is 3.60. The van der Waals surface area contributed by atoms with Gasteiger partial charge in [-0.25, -0.2) is 4.98 Å². The van der Waals surface area contributed by atoms with Crippen LogP contribution in [0.25, 0.3) is 11.0 Å². The van der Waals surface area contributed by atoms with Gasteiger partial charge in [0.15, 0.2) is 5.92 Å². The zero-order valence-electron chi connectivity index (χ0n) is 14.6. The van der Waals surface area contributed by atoms with E-state index in [0.29, 0.717) is 5.95 Å². The van der Waals surface area contributed by atoms with Crippen LogP contribution in [0.3, 0.4) is 0 Å². The molecule has 2 heterocycles. The number of fused-ring (bicyclic) bond motifs is 3. The molecule has 0 radical (unpaired) electrons. The first-order valence-electron chi connectivity index (χ1n) is 8.61. The number of anilines is 1. The summed E-state index contributed by atoms with van der Waals surface area (Å²) in [5.41, 5.74) is 3.55. The molecule has 6 heteroatoms. The van der Waals surface area contributed by atoms with Crippen LogP contribution in [0.2, 0.25) is 0 Å². The summed E-state index contributed by atoms with van der Waals surface area (Å²) >= 11 is 0. The quantitative estimate of drug-likeness (QED) is 0.583. The zero-order valence-corrected chi connectivity index (χ0v) is 14.6. The molecule has 2 aromatic carbocycles. The Morgan fingerprint density at radius 1 is 1.19 bits per heavy atom. The van der Waals surface area contributed by atoms with Gasteiger partial charge in [0.05, 0.1) is 23.7 Å². The first-order chi connectivity index (χ1) is 12.6. The number of amides is 1. The number of rotatable bonds is 3. The second-order valence-electron chi connectivity index (χ2n) is 6.31. The highest BCUT2D eigenvalue weighted by atomic mass is 16.5. The second kappa shape index (κ2) is 6.29. The highest BCUT2D eigenvalue weighted by Crippen LogP contribution is 2.39. The Balaban J connectivity index is 1.99. The highest BCUT2D eigenvalue weighted by Gasteiger charge is 2.44. The number of carbonyl (C=O) groups excluding carboxylic acids is 2. The van der Waals surface area contributed by atoms with Crippen molar-refractivity contribution < 1.29 is 14.3 Å². The summed E-state index contributed by atoms with van der Waals surface area (Å²) in [6.07, 6.45) is 0. The second-order valence-corrected chi connectivity index (χ2v) is 6.31. The first-order valence-corrected chi connectivity index (χ1v) is 8.61. The Labute approximate surface area is 150 Å². The van der Waals surface area contributed by atoms with Gasteiger partial charge in [0.25, 0.3) is 0 Å². The van der Waals surface area contributed by atoms with Crippen LogP contribution in [-0.4, -0.2) is 28.0 Å². The van der Waals surface area contributed by atoms with E-state index >= 15 is 0 Å². The molecule has 0 aliphatic carbocycles. The van der Waals surface area contributed by atoms with Gasteiger partial charge < -0.3 is 9.30 Å². The molecule has 3 aromatic rings. The van der Waals surface area contributed by atoms with Gasteiger partial charge in [-0.3, -0.25) is 14.9 Å². The molecule has 0 saturated carbocycles. The molecule has 1 aromatic heterocycles. The summed E-state index contributed by atoms with van der Waals surface area (Å²) in [7, 11) is 0. The van der Waals surface area contributed by atoms with Crippen LogP contribution >= 0.6 is 0 Å². The molecule has 6 nitrogen and oxygen atoms in total. The van der Waals surface area contributed by atoms with Crippen molar-refractivity contribution >= 4 is 28.9 Å². The summed E-state index contributed by atoms with van der Waals surface area (Å²) in [5.74, 6) is -1.44. The Bertz CT molecular complexity index is 1010. The van der Waals surface area contributed by atoms with Crippen molar-refractivity contribution in [2.24, 2.45) is 5.92 Å². The number of aromatic nitrogens is 2. The zero-order chi connectivity index (χ0) is 18.3. The largest absolute Gasteiger partial charge is 0.465 e. The number of nitrogens with zero attached hydrogens (tertiary/aromatic N) is 2. The van der Waals surface area contributed by atoms with Gasteiger partial charge >= 0.3 is 5.97 Å². The molecule has 0 unspecified atom stereocenters. The van der Waals surface area contributed by atoms with Crippen molar-refractivity contribution in [3.8, 4) is 0 Å². The number of hydrogen-bond acceptors (Lipinski definition) is 4. The van der Waals surface area contributed by atoms with Gasteiger partial charge in [0, 0.05) is 0 Å². The molecule has 1 aliphatic heterocycles. The maximum absolute atomic E-state index is 12.8. The molecule has 0 saturated heterocycles. The fourth-order valence-electron chi connectivity index (χ4n) is 3.60. The summed E-state index contributed by atoms with van der Waals surface area (Å²) in [6.45, 7) is 3.93. The number of esters is 1. The van der Waals surface area contributed by atoms with E-state index in [0.717, 1.165) is 22.2 Å². The normalized spacial score (nSPS) is 19.1. The fraction of sp³-hybridized carbons (Fsp3) is 0.250. The number of carbonyl (C=O) groups is 2. The summed E-state index contributed by atoms with van der Waals surface area (Å²) in [6, 6.07) is 14.9. The molecule has 1 amide bonds. The molecular weight excluding hydrogens is 330 g/mol. The predicted octanol–water partition coefficient (Wildman–Crippen LogP) is 3.07. The average molecular weight is 349 g/mol. The van der Waals surface area contributed by atoms with Gasteiger partial charge in [0.2, 0.25) is 11.9 Å². The topological polar surface area (TPSA) is 73.2 Å².